The summed E-state index contributed by atoms with van der Waals surface area (Å²) < 4.78 is 5.40. The highest BCUT2D eigenvalue weighted by Crippen LogP contribution is 2.26. The van der Waals surface area contributed by atoms with E-state index >= 15 is 0 Å². The van der Waals surface area contributed by atoms with Gasteiger partial charge in [-0.2, -0.15) is 0 Å². The molecule has 2 atom stereocenters. The molecule has 2 aliphatic rings. The van der Waals surface area contributed by atoms with Gasteiger partial charge < -0.3 is 31.1 Å². The van der Waals surface area contributed by atoms with Crippen LogP contribution in [0.3, 0.4) is 0 Å². The van der Waals surface area contributed by atoms with Crippen molar-refractivity contribution in [3.05, 3.63) is 59.2 Å². The van der Waals surface area contributed by atoms with Crippen LogP contribution in [0.25, 0.3) is 0 Å². The highest BCUT2D eigenvalue weighted by atomic mass is 16.5. The Hall–Kier alpha value is -3.76. The lowest BCUT2D eigenvalue weighted by molar-refractivity contribution is -0.150. The maximum absolute atomic E-state index is 12.9. The van der Waals surface area contributed by atoms with E-state index in [9.17, 15) is 19.5 Å². The molecule has 10 nitrogen and oxygen atoms in total. The first kappa shape index (κ1) is 20.5. The summed E-state index contributed by atoms with van der Waals surface area (Å²) in [7, 11) is 0. The number of ether oxygens (including phenoxy) is 1. The highest BCUT2D eigenvalue weighted by molar-refractivity contribution is 6.05. The van der Waals surface area contributed by atoms with Crippen LogP contribution in [0, 0.1) is 5.41 Å². The van der Waals surface area contributed by atoms with E-state index in [2.05, 4.69) is 10.6 Å². The number of nitrogen functional groups attached to an aromatic ring is 1. The van der Waals surface area contributed by atoms with E-state index in [0.29, 0.717) is 29.0 Å². The fourth-order valence-electron chi connectivity index (χ4n) is 3.54. The third kappa shape index (κ3) is 3.98. The third-order valence-corrected chi connectivity index (χ3v) is 5.23. The zero-order valence-electron chi connectivity index (χ0n) is 16.4. The lowest BCUT2D eigenvalue weighted by Gasteiger charge is -2.34. The number of morpholine rings is 1. The highest BCUT2D eigenvalue weighted by Gasteiger charge is 2.39. The Balaban J connectivity index is 1.47. The fourth-order valence-corrected chi connectivity index (χ4v) is 3.54. The zero-order valence-corrected chi connectivity index (χ0v) is 16.4. The van der Waals surface area contributed by atoms with Crippen molar-refractivity contribution < 1.29 is 24.2 Å². The zero-order chi connectivity index (χ0) is 22.1. The van der Waals surface area contributed by atoms with Gasteiger partial charge in [-0.15, -0.1) is 0 Å². The second-order valence-corrected chi connectivity index (χ2v) is 7.23. The standard InChI is InChI=1S/C21H21N5O5/c22-18(23)11-1-4-13(5-2-11)25-20(29)16(27)17-21(30)26(7-8-31-17)14-6-3-12-10-24-19(28)15(12)9-14/h1-6,9,16-17,27H,7-8,10H2,(H3,22,23)(H,24,28)(H,25,29)/t16?,17-/m1/s1. The number of nitrogens with two attached hydrogens (primary N) is 1. The van der Waals surface area contributed by atoms with Crippen molar-refractivity contribution in [3.8, 4) is 0 Å². The maximum atomic E-state index is 12.9. The molecule has 2 aromatic carbocycles. The number of hydrogen-bond acceptors (Lipinski definition) is 6. The Labute approximate surface area is 177 Å². The van der Waals surface area contributed by atoms with Gasteiger partial charge in [0.1, 0.15) is 5.84 Å². The number of anilines is 2. The normalized spacial score (nSPS) is 18.9. The number of benzene rings is 2. The summed E-state index contributed by atoms with van der Waals surface area (Å²) in [6.07, 6.45) is -3.12. The fraction of sp³-hybridized carbons (Fsp3) is 0.238. The number of carbonyl (C=O) groups excluding carboxylic acids is 3. The molecule has 0 radical (unpaired) electrons. The summed E-state index contributed by atoms with van der Waals surface area (Å²) in [5, 5.41) is 23.1. The molecule has 0 saturated carbocycles. The van der Waals surface area contributed by atoms with Crippen LogP contribution in [-0.4, -0.2) is 54.0 Å². The van der Waals surface area contributed by atoms with Crippen molar-refractivity contribution in [2.75, 3.05) is 23.4 Å². The van der Waals surface area contributed by atoms with Crippen LogP contribution in [0.2, 0.25) is 0 Å². The van der Waals surface area contributed by atoms with Gasteiger partial charge in [0.05, 0.1) is 6.61 Å². The summed E-state index contributed by atoms with van der Waals surface area (Å²) in [6, 6.07) is 11.3. The maximum Gasteiger partial charge on any atom is 0.259 e. The Morgan fingerprint density at radius 3 is 2.71 bits per heavy atom. The number of nitrogens with zero attached hydrogens (tertiary/aromatic N) is 1. The summed E-state index contributed by atoms with van der Waals surface area (Å²) >= 11 is 0. The van der Waals surface area contributed by atoms with Crippen LogP contribution >= 0.6 is 0 Å². The van der Waals surface area contributed by atoms with Gasteiger partial charge in [0.25, 0.3) is 17.7 Å². The van der Waals surface area contributed by atoms with Crippen molar-refractivity contribution in [3.63, 3.8) is 0 Å². The van der Waals surface area contributed by atoms with E-state index in [4.69, 9.17) is 15.9 Å². The topological polar surface area (TPSA) is 158 Å². The Morgan fingerprint density at radius 2 is 2.00 bits per heavy atom. The third-order valence-electron chi connectivity index (χ3n) is 5.23. The Kier molecular flexibility index (Phi) is 5.40. The summed E-state index contributed by atoms with van der Waals surface area (Å²) in [6.45, 7) is 0.800. The predicted molar refractivity (Wildman–Crippen MR) is 112 cm³/mol. The van der Waals surface area contributed by atoms with Crippen molar-refractivity contribution in [1.29, 1.82) is 5.41 Å². The van der Waals surface area contributed by atoms with Gasteiger partial charge in [0, 0.05) is 35.6 Å². The molecule has 31 heavy (non-hydrogen) atoms. The van der Waals surface area contributed by atoms with Gasteiger partial charge in [0.2, 0.25) is 0 Å². The first-order chi connectivity index (χ1) is 14.8. The minimum Gasteiger partial charge on any atom is -0.384 e. The number of amidine groups is 1. The van der Waals surface area contributed by atoms with Crippen molar-refractivity contribution in [2.45, 2.75) is 18.8 Å². The number of hydrogen-bond donors (Lipinski definition) is 5. The molecule has 1 saturated heterocycles. The number of fused-ring (bicyclic) bond motifs is 1. The molecule has 10 heteroatoms. The number of nitrogens with one attached hydrogen (secondary N) is 3. The quantitative estimate of drug-likeness (QED) is 0.335. The van der Waals surface area contributed by atoms with E-state index < -0.39 is 24.0 Å². The second kappa shape index (κ2) is 8.17. The molecule has 0 bridgehead atoms. The molecule has 2 aromatic rings. The van der Waals surface area contributed by atoms with Crippen LogP contribution in [-0.2, 0) is 20.9 Å². The minimum absolute atomic E-state index is 0.108. The van der Waals surface area contributed by atoms with Crippen molar-refractivity contribution in [2.24, 2.45) is 5.73 Å². The van der Waals surface area contributed by atoms with E-state index in [1.807, 2.05) is 0 Å². The van der Waals surface area contributed by atoms with Crippen molar-refractivity contribution >= 4 is 34.9 Å². The SMILES string of the molecule is N=C(N)c1ccc(NC(=O)C(O)[C@H]2OCCN(c3ccc4c(c3)C(=O)NC4)C2=O)cc1. The second-order valence-electron chi connectivity index (χ2n) is 7.23. The molecular weight excluding hydrogens is 402 g/mol. The molecule has 2 heterocycles. The number of amides is 3. The van der Waals surface area contributed by atoms with Crippen LogP contribution in [0.5, 0.6) is 0 Å². The lowest BCUT2D eigenvalue weighted by Crippen LogP contribution is -2.55. The van der Waals surface area contributed by atoms with Gasteiger partial charge in [-0.25, -0.2) is 0 Å². The average molecular weight is 423 g/mol. The van der Waals surface area contributed by atoms with E-state index in [1.165, 1.54) is 17.0 Å². The Bertz CT molecular complexity index is 1070. The largest absolute Gasteiger partial charge is 0.384 e. The molecule has 0 aliphatic carbocycles. The number of aliphatic hydroxyl groups excluding tert-OH is 1. The van der Waals surface area contributed by atoms with Crippen LogP contribution in [0.4, 0.5) is 11.4 Å². The molecule has 160 valence electrons. The lowest BCUT2D eigenvalue weighted by atomic mass is 10.1. The first-order valence-corrected chi connectivity index (χ1v) is 9.62. The molecule has 6 N–H and O–H groups in total. The molecule has 4 rings (SSSR count). The Morgan fingerprint density at radius 1 is 1.26 bits per heavy atom. The smallest absolute Gasteiger partial charge is 0.259 e. The van der Waals surface area contributed by atoms with Crippen LogP contribution in [0.15, 0.2) is 42.5 Å². The van der Waals surface area contributed by atoms with Crippen LogP contribution < -0.4 is 21.3 Å². The van der Waals surface area contributed by atoms with Crippen molar-refractivity contribution in [1.82, 2.24) is 5.32 Å². The van der Waals surface area contributed by atoms with E-state index in [1.54, 1.807) is 30.3 Å². The summed E-state index contributed by atoms with van der Waals surface area (Å²) in [5.74, 6) is -1.68. The molecule has 1 unspecified atom stereocenters. The summed E-state index contributed by atoms with van der Waals surface area (Å²) in [4.78, 5) is 38.8. The molecule has 2 aliphatic heterocycles. The number of rotatable bonds is 5. The minimum atomic E-state index is -1.74. The molecule has 3 amide bonds. The van der Waals surface area contributed by atoms with Gasteiger partial charge >= 0.3 is 0 Å². The van der Waals surface area contributed by atoms with Gasteiger partial charge in [-0.1, -0.05) is 6.07 Å². The monoisotopic (exact) mass is 423 g/mol. The summed E-state index contributed by atoms with van der Waals surface area (Å²) in [5.41, 5.74) is 8.11. The van der Waals surface area contributed by atoms with Gasteiger partial charge in [-0.3, -0.25) is 19.8 Å². The first-order valence-electron chi connectivity index (χ1n) is 9.62. The number of aliphatic hydroxyl groups is 1. The molecular formula is C21H21N5O5. The molecule has 1 fully saturated rings. The van der Waals surface area contributed by atoms with Gasteiger partial charge in [0.15, 0.2) is 12.2 Å². The van der Waals surface area contributed by atoms with E-state index in [0.717, 1.165) is 5.56 Å². The van der Waals surface area contributed by atoms with Crippen LogP contribution in [0.1, 0.15) is 21.5 Å². The number of carbonyl (C=O) groups is 3. The van der Waals surface area contributed by atoms with E-state index in [-0.39, 0.29) is 24.9 Å². The van der Waals surface area contributed by atoms with Gasteiger partial charge in [-0.05, 0) is 42.0 Å². The molecule has 0 aromatic heterocycles. The predicted octanol–water partition coefficient (Wildman–Crippen LogP) is -0.0545. The average Bonchev–Trinajstić information content (AvgIpc) is 3.14. The molecule has 0 spiro atoms.